The monoisotopic (exact) mass is 403 g/mol. The number of aryl methyl sites for hydroxylation is 1. The number of carbonyl (C=O) groups is 2. The van der Waals surface area contributed by atoms with E-state index in [0.29, 0.717) is 18.7 Å². The van der Waals surface area contributed by atoms with E-state index >= 15 is 0 Å². The highest BCUT2D eigenvalue weighted by molar-refractivity contribution is 7.89. The summed E-state index contributed by atoms with van der Waals surface area (Å²) in [5, 5.41) is 9.65. The van der Waals surface area contributed by atoms with Gasteiger partial charge in [0.1, 0.15) is 5.75 Å². The smallest absolute Gasteiger partial charge is 0.338 e. The molecule has 1 heterocycles. The molecule has 0 unspecified atom stereocenters. The van der Waals surface area contributed by atoms with E-state index in [4.69, 9.17) is 4.74 Å². The van der Waals surface area contributed by atoms with E-state index in [1.165, 1.54) is 40.7 Å². The quantitative estimate of drug-likeness (QED) is 0.588. The van der Waals surface area contributed by atoms with Gasteiger partial charge in [0.15, 0.2) is 12.4 Å². The van der Waals surface area contributed by atoms with Crippen LogP contribution in [0.4, 0.5) is 0 Å². The van der Waals surface area contributed by atoms with Crippen molar-refractivity contribution in [1.29, 1.82) is 0 Å². The van der Waals surface area contributed by atoms with Gasteiger partial charge in [-0.1, -0.05) is 6.07 Å². The van der Waals surface area contributed by atoms with Crippen LogP contribution in [0, 0.1) is 6.92 Å². The van der Waals surface area contributed by atoms with E-state index in [2.05, 4.69) is 0 Å². The number of Topliss-reactive ketones (excluding diaryl/α,β-unsaturated/α-hetero) is 1. The summed E-state index contributed by atoms with van der Waals surface area (Å²) in [7, 11) is -3.54. The van der Waals surface area contributed by atoms with Crippen molar-refractivity contribution in [1.82, 2.24) is 4.31 Å². The molecule has 0 spiro atoms. The third-order valence-electron chi connectivity index (χ3n) is 4.66. The second-order valence-electron chi connectivity index (χ2n) is 6.64. The molecular weight excluding hydrogens is 382 g/mol. The summed E-state index contributed by atoms with van der Waals surface area (Å²) in [4.78, 5) is 24.4. The van der Waals surface area contributed by atoms with Crippen molar-refractivity contribution in [2.24, 2.45) is 0 Å². The van der Waals surface area contributed by atoms with Gasteiger partial charge in [0.05, 0.1) is 10.5 Å². The molecule has 0 saturated carbocycles. The fourth-order valence-corrected chi connectivity index (χ4v) is 4.44. The van der Waals surface area contributed by atoms with Gasteiger partial charge in [0.25, 0.3) is 0 Å². The van der Waals surface area contributed by atoms with E-state index < -0.39 is 28.4 Å². The lowest BCUT2D eigenvalue weighted by Crippen LogP contribution is -2.27. The molecule has 3 rings (SSSR count). The number of sulfonamides is 1. The first-order valence-corrected chi connectivity index (χ1v) is 10.3. The first-order valence-electron chi connectivity index (χ1n) is 8.89. The van der Waals surface area contributed by atoms with Crippen molar-refractivity contribution in [2.75, 3.05) is 19.7 Å². The Kier molecular flexibility index (Phi) is 5.81. The maximum absolute atomic E-state index is 12.5. The molecule has 0 aliphatic carbocycles. The van der Waals surface area contributed by atoms with Crippen molar-refractivity contribution in [2.45, 2.75) is 24.7 Å². The molecule has 0 bridgehead atoms. The van der Waals surface area contributed by atoms with Crippen LogP contribution in [0.25, 0.3) is 0 Å². The number of phenolic OH excluding ortho intramolecular Hbond substituents is 1. The van der Waals surface area contributed by atoms with Crippen LogP contribution in [-0.4, -0.2) is 49.3 Å². The third kappa shape index (κ3) is 4.23. The number of benzene rings is 2. The second kappa shape index (κ2) is 8.12. The minimum Gasteiger partial charge on any atom is -0.508 e. The van der Waals surface area contributed by atoms with Gasteiger partial charge in [-0.2, -0.15) is 4.31 Å². The van der Waals surface area contributed by atoms with Gasteiger partial charge in [0, 0.05) is 18.7 Å². The standard InChI is InChI=1S/C20H21NO6S/c1-14-4-5-16(12-18(14)22)20(24)27-13-19(23)15-6-8-17(9-7-15)28(25,26)21-10-2-3-11-21/h4-9,12,22H,2-3,10-11,13H2,1H3. The highest BCUT2D eigenvalue weighted by Gasteiger charge is 2.27. The Morgan fingerprint density at radius 2 is 1.64 bits per heavy atom. The van der Waals surface area contributed by atoms with Crippen LogP contribution in [0.5, 0.6) is 5.75 Å². The highest BCUT2D eigenvalue weighted by atomic mass is 32.2. The SMILES string of the molecule is Cc1ccc(C(=O)OCC(=O)c2ccc(S(=O)(=O)N3CCCC3)cc2)cc1O. The Labute approximate surface area is 163 Å². The molecule has 148 valence electrons. The lowest BCUT2D eigenvalue weighted by molar-refractivity contribution is 0.0474. The van der Waals surface area contributed by atoms with Gasteiger partial charge in [0.2, 0.25) is 10.0 Å². The minimum absolute atomic E-state index is 0.0319. The van der Waals surface area contributed by atoms with Gasteiger partial charge in [-0.25, -0.2) is 13.2 Å². The van der Waals surface area contributed by atoms with Gasteiger partial charge in [-0.15, -0.1) is 0 Å². The number of carbonyl (C=O) groups excluding carboxylic acids is 2. The predicted octanol–water partition coefficient (Wildman–Crippen LogP) is 2.52. The molecule has 0 radical (unpaired) electrons. The van der Waals surface area contributed by atoms with E-state index in [1.807, 2.05) is 0 Å². The van der Waals surface area contributed by atoms with E-state index in [0.717, 1.165) is 12.8 Å². The summed E-state index contributed by atoms with van der Waals surface area (Å²) >= 11 is 0. The fraction of sp³-hybridized carbons (Fsp3) is 0.300. The normalized spacial score (nSPS) is 14.8. The maximum atomic E-state index is 12.5. The second-order valence-corrected chi connectivity index (χ2v) is 8.57. The van der Waals surface area contributed by atoms with Crippen molar-refractivity contribution >= 4 is 21.8 Å². The average Bonchev–Trinajstić information content (AvgIpc) is 3.24. The minimum atomic E-state index is -3.54. The zero-order valence-electron chi connectivity index (χ0n) is 15.4. The van der Waals surface area contributed by atoms with Crippen LogP contribution in [0.2, 0.25) is 0 Å². The summed E-state index contributed by atoms with van der Waals surface area (Å²) in [6.07, 6.45) is 1.69. The van der Waals surface area contributed by atoms with Crippen LogP contribution >= 0.6 is 0 Å². The Morgan fingerprint density at radius 1 is 1.04 bits per heavy atom. The van der Waals surface area contributed by atoms with E-state index in [9.17, 15) is 23.1 Å². The zero-order valence-corrected chi connectivity index (χ0v) is 16.2. The summed E-state index contributed by atoms with van der Waals surface area (Å²) in [6.45, 7) is 2.23. The molecule has 8 heteroatoms. The number of aromatic hydroxyl groups is 1. The lowest BCUT2D eigenvalue weighted by atomic mass is 10.1. The van der Waals surface area contributed by atoms with Crippen molar-refractivity contribution < 1.29 is 27.9 Å². The number of phenols is 1. The first kappa shape index (κ1) is 20.0. The fourth-order valence-electron chi connectivity index (χ4n) is 2.92. The van der Waals surface area contributed by atoms with Crippen LogP contribution in [0.15, 0.2) is 47.4 Å². The van der Waals surface area contributed by atoms with Gasteiger partial charge >= 0.3 is 5.97 Å². The molecule has 0 atom stereocenters. The molecule has 1 N–H and O–H groups in total. The van der Waals surface area contributed by atoms with Crippen LogP contribution in [-0.2, 0) is 14.8 Å². The van der Waals surface area contributed by atoms with Gasteiger partial charge in [-0.3, -0.25) is 4.79 Å². The number of hydrogen-bond donors (Lipinski definition) is 1. The Balaban J connectivity index is 1.63. The lowest BCUT2D eigenvalue weighted by Gasteiger charge is -2.15. The van der Waals surface area contributed by atoms with E-state index in [-0.39, 0.29) is 21.8 Å². The topological polar surface area (TPSA) is 101 Å². The largest absolute Gasteiger partial charge is 0.508 e. The van der Waals surface area contributed by atoms with Gasteiger partial charge < -0.3 is 9.84 Å². The Hall–Kier alpha value is -2.71. The molecular formula is C20H21NO6S. The molecule has 1 saturated heterocycles. The molecule has 28 heavy (non-hydrogen) atoms. The molecule has 1 aliphatic rings. The number of ketones is 1. The number of hydrogen-bond acceptors (Lipinski definition) is 6. The summed E-state index contributed by atoms with van der Waals surface area (Å²) in [5.41, 5.74) is 1.01. The Morgan fingerprint density at radius 3 is 2.25 bits per heavy atom. The molecule has 0 amide bonds. The third-order valence-corrected chi connectivity index (χ3v) is 6.57. The number of nitrogens with zero attached hydrogens (tertiary/aromatic N) is 1. The average molecular weight is 403 g/mol. The zero-order chi connectivity index (χ0) is 20.3. The highest BCUT2D eigenvalue weighted by Crippen LogP contribution is 2.21. The van der Waals surface area contributed by atoms with Crippen molar-refractivity contribution in [3.8, 4) is 5.75 Å². The molecule has 0 aromatic heterocycles. The van der Waals surface area contributed by atoms with Gasteiger partial charge in [-0.05, 0) is 61.7 Å². The van der Waals surface area contributed by atoms with E-state index in [1.54, 1.807) is 13.0 Å². The molecule has 2 aromatic rings. The summed E-state index contributed by atoms with van der Waals surface area (Å²) in [5.74, 6) is -1.21. The van der Waals surface area contributed by atoms with Crippen LogP contribution in [0.1, 0.15) is 39.1 Å². The Bertz CT molecular complexity index is 992. The number of ether oxygens (including phenoxy) is 1. The van der Waals surface area contributed by atoms with Crippen molar-refractivity contribution in [3.63, 3.8) is 0 Å². The molecule has 1 aliphatic heterocycles. The number of esters is 1. The molecule has 7 nitrogen and oxygen atoms in total. The van der Waals surface area contributed by atoms with Crippen molar-refractivity contribution in [3.05, 3.63) is 59.2 Å². The summed E-state index contributed by atoms with van der Waals surface area (Å²) < 4.78 is 31.4. The van der Waals surface area contributed by atoms with Crippen LogP contribution < -0.4 is 0 Å². The van der Waals surface area contributed by atoms with Crippen LogP contribution in [0.3, 0.4) is 0 Å². The summed E-state index contributed by atoms with van der Waals surface area (Å²) in [6, 6.07) is 9.96. The molecule has 2 aromatic carbocycles. The number of rotatable bonds is 6. The molecule has 1 fully saturated rings. The predicted molar refractivity (Wildman–Crippen MR) is 102 cm³/mol. The first-order chi connectivity index (χ1) is 13.3. The maximum Gasteiger partial charge on any atom is 0.338 e.